The first-order chi connectivity index (χ1) is 7.77. The van der Waals surface area contributed by atoms with Crippen LogP contribution in [0, 0.1) is 6.92 Å². The van der Waals surface area contributed by atoms with Gasteiger partial charge < -0.3 is 5.32 Å². The molecular weight excluding hydrogens is 282 g/mol. The molecule has 0 spiro atoms. The molecule has 1 aromatic carbocycles. The van der Waals surface area contributed by atoms with E-state index >= 15 is 0 Å². The average molecular weight is 296 g/mol. The Kier molecular flexibility index (Phi) is 4.16. The minimum atomic E-state index is 0.903. The highest BCUT2D eigenvalue weighted by Gasteiger charge is 2.01. The largest absolute Gasteiger partial charge is 0.308 e. The molecule has 0 saturated carbocycles. The molecule has 1 heterocycles. The van der Waals surface area contributed by atoms with Gasteiger partial charge in [0.25, 0.3) is 0 Å². The van der Waals surface area contributed by atoms with E-state index in [1.807, 2.05) is 0 Å². The maximum absolute atomic E-state index is 3.62. The van der Waals surface area contributed by atoms with Crippen LogP contribution in [-0.2, 0) is 13.1 Å². The molecule has 0 aliphatic heterocycles. The van der Waals surface area contributed by atoms with Crippen LogP contribution in [0.4, 0.5) is 0 Å². The molecular formula is C13H14BrNS. The van der Waals surface area contributed by atoms with Crippen molar-refractivity contribution in [2.24, 2.45) is 0 Å². The fraction of sp³-hybridized carbons (Fsp3) is 0.231. The number of aryl methyl sites for hydroxylation is 1. The molecule has 0 amide bonds. The predicted molar refractivity (Wildman–Crippen MR) is 73.7 cm³/mol. The molecule has 0 atom stereocenters. The van der Waals surface area contributed by atoms with Crippen molar-refractivity contribution >= 4 is 27.3 Å². The van der Waals surface area contributed by atoms with Gasteiger partial charge in [-0.05, 0) is 29.5 Å². The monoisotopic (exact) mass is 295 g/mol. The van der Waals surface area contributed by atoms with Crippen molar-refractivity contribution in [3.63, 3.8) is 0 Å². The molecule has 0 fully saturated rings. The first-order valence-electron chi connectivity index (χ1n) is 5.24. The Hall–Kier alpha value is -0.640. The van der Waals surface area contributed by atoms with Gasteiger partial charge in [0.05, 0.1) is 0 Å². The topological polar surface area (TPSA) is 12.0 Å². The Morgan fingerprint density at radius 3 is 2.81 bits per heavy atom. The summed E-state index contributed by atoms with van der Waals surface area (Å²) < 4.78 is 1.22. The summed E-state index contributed by atoms with van der Waals surface area (Å²) in [6.45, 7) is 3.96. The normalized spacial score (nSPS) is 10.6. The molecule has 84 valence electrons. The minimum Gasteiger partial charge on any atom is -0.308 e. The number of rotatable bonds is 4. The molecule has 3 heteroatoms. The first-order valence-corrected chi connectivity index (χ1v) is 6.92. The van der Waals surface area contributed by atoms with Crippen LogP contribution >= 0.6 is 27.3 Å². The molecule has 1 aromatic heterocycles. The van der Waals surface area contributed by atoms with Gasteiger partial charge in [0.2, 0.25) is 0 Å². The zero-order chi connectivity index (χ0) is 11.4. The van der Waals surface area contributed by atoms with Crippen LogP contribution in [-0.4, -0.2) is 0 Å². The van der Waals surface area contributed by atoms with E-state index in [0.717, 1.165) is 13.1 Å². The van der Waals surface area contributed by atoms with E-state index in [1.165, 1.54) is 20.5 Å². The standard InChI is InChI=1S/C13H14BrNS/c1-10-4-2-5-11(13(10)14)8-15-9-12-6-3-7-16-12/h2-7,15H,8-9H2,1H3. The molecule has 2 aromatic rings. The van der Waals surface area contributed by atoms with Crippen molar-refractivity contribution in [2.75, 3.05) is 0 Å². The summed E-state index contributed by atoms with van der Waals surface area (Å²) >= 11 is 5.41. The molecule has 0 unspecified atom stereocenters. The second-order valence-corrected chi connectivity index (χ2v) is 5.56. The molecule has 0 radical (unpaired) electrons. The SMILES string of the molecule is Cc1cccc(CNCc2cccs2)c1Br. The number of hydrogen-bond acceptors (Lipinski definition) is 2. The zero-order valence-corrected chi connectivity index (χ0v) is 11.6. The van der Waals surface area contributed by atoms with Gasteiger partial charge in [0.1, 0.15) is 0 Å². The zero-order valence-electron chi connectivity index (χ0n) is 9.16. The molecule has 1 N–H and O–H groups in total. The van der Waals surface area contributed by atoms with Crippen molar-refractivity contribution < 1.29 is 0 Å². The summed E-state index contributed by atoms with van der Waals surface area (Å²) in [4.78, 5) is 1.38. The summed E-state index contributed by atoms with van der Waals surface area (Å²) in [7, 11) is 0. The molecule has 0 aliphatic carbocycles. The van der Waals surface area contributed by atoms with Crippen molar-refractivity contribution in [1.29, 1.82) is 0 Å². The number of thiophene rings is 1. The van der Waals surface area contributed by atoms with Crippen LogP contribution in [0.25, 0.3) is 0 Å². The summed E-state index contributed by atoms with van der Waals surface area (Å²) in [5, 5.41) is 5.56. The highest BCUT2D eigenvalue weighted by molar-refractivity contribution is 9.10. The lowest BCUT2D eigenvalue weighted by Crippen LogP contribution is -2.12. The van der Waals surface area contributed by atoms with E-state index in [2.05, 4.69) is 63.9 Å². The van der Waals surface area contributed by atoms with Gasteiger partial charge in [-0.2, -0.15) is 0 Å². The summed E-state index contributed by atoms with van der Waals surface area (Å²) in [6, 6.07) is 10.6. The van der Waals surface area contributed by atoms with Crippen LogP contribution in [0.1, 0.15) is 16.0 Å². The van der Waals surface area contributed by atoms with Crippen molar-refractivity contribution in [3.8, 4) is 0 Å². The van der Waals surface area contributed by atoms with E-state index in [-0.39, 0.29) is 0 Å². The van der Waals surface area contributed by atoms with Crippen LogP contribution in [0.2, 0.25) is 0 Å². The Balaban J connectivity index is 1.92. The molecule has 1 nitrogen and oxygen atoms in total. The quantitative estimate of drug-likeness (QED) is 0.895. The van der Waals surface area contributed by atoms with Gasteiger partial charge in [-0.1, -0.05) is 40.2 Å². The van der Waals surface area contributed by atoms with Crippen LogP contribution in [0.15, 0.2) is 40.2 Å². The number of benzene rings is 1. The van der Waals surface area contributed by atoms with Gasteiger partial charge in [-0.3, -0.25) is 0 Å². The van der Waals surface area contributed by atoms with E-state index in [4.69, 9.17) is 0 Å². The molecule has 0 saturated heterocycles. The lowest BCUT2D eigenvalue weighted by molar-refractivity contribution is 0.698. The fourth-order valence-electron chi connectivity index (χ4n) is 1.58. The fourth-order valence-corrected chi connectivity index (χ4v) is 2.66. The number of halogens is 1. The highest BCUT2D eigenvalue weighted by Crippen LogP contribution is 2.20. The average Bonchev–Trinajstić information content (AvgIpc) is 2.77. The third-order valence-electron chi connectivity index (χ3n) is 2.47. The van der Waals surface area contributed by atoms with Crippen LogP contribution in [0.5, 0.6) is 0 Å². The molecule has 16 heavy (non-hydrogen) atoms. The van der Waals surface area contributed by atoms with Gasteiger partial charge in [-0.25, -0.2) is 0 Å². The maximum Gasteiger partial charge on any atom is 0.0302 e. The lowest BCUT2D eigenvalue weighted by atomic mass is 10.1. The van der Waals surface area contributed by atoms with E-state index in [9.17, 15) is 0 Å². The Labute approximate surface area is 109 Å². The Morgan fingerprint density at radius 1 is 1.19 bits per heavy atom. The highest BCUT2D eigenvalue weighted by atomic mass is 79.9. The smallest absolute Gasteiger partial charge is 0.0302 e. The number of hydrogen-bond donors (Lipinski definition) is 1. The third kappa shape index (κ3) is 2.94. The summed E-state index contributed by atoms with van der Waals surface area (Å²) in [6.07, 6.45) is 0. The molecule has 2 rings (SSSR count). The lowest BCUT2D eigenvalue weighted by Gasteiger charge is -2.07. The molecule has 0 aliphatic rings. The van der Waals surface area contributed by atoms with E-state index < -0.39 is 0 Å². The summed E-state index contributed by atoms with van der Waals surface area (Å²) in [5.41, 5.74) is 2.60. The van der Waals surface area contributed by atoms with Crippen molar-refractivity contribution in [1.82, 2.24) is 5.32 Å². The maximum atomic E-state index is 3.62. The second kappa shape index (κ2) is 5.62. The third-order valence-corrected chi connectivity index (χ3v) is 4.48. The Bertz CT molecular complexity index is 451. The summed E-state index contributed by atoms with van der Waals surface area (Å²) in [5.74, 6) is 0. The molecule has 0 bridgehead atoms. The van der Waals surface area contributed by atoms with E-state index in [1.54, 1.807) is 11.3 Å². The minimum absolute atomic E-state index is 0.903. The van der Waals surface area contributed by atoms with Gasteiger partial charge in [0, 0.05) is 22.4 Å². The van der Waals surface area contributed by atoms with Crippen molar-refractivity contribution in [3.05, 3.63) is 56.2 Å². The van der Waals surface area contributed by atoms with Gasteiger partial charge >= 0.3 is 0 Å². The first kappa shape index (κ1) is 11.8. The Morgan fingerprint density at radius 2 is 2.06 bits per heavy atom. The van der Waals surface area contributed by atoms with E-state index in [0.29, 0.717) is 0 Å². The van der Waals surface area contributed by atoms with Gasteiger partial charge in [-0.15, -0.1) is 11.3 Å². The number of nitrogens with one attached hydrogen (secondary N) is 1. The second-order valence-electron chi connectivity index (χ2n) is 3.73. The van der Waals surface area contributed by atoms with Crippen LogP contribution < -0.4 is 5.32 Å². The predicted octanol–water partition coefficient (Wildman–Crippen LogP) is 4.11. The van der Waals surface area contributed by atoms with Crippen LogP contribution in [0.3, 0.4) is 0 Å². The van der Waals surface area contributed by atoms with Crippen molar-refractivity contribution in [2.45, 2.75) is 20.0 Å². The van der Waals surface area contributed by atoms with Gasteiger partial charge in [0.15, 0.2) is 0 Å².